The van der Waals surface area contributed by atoms with Gasteiger partial charge in [-0.3, -0.25) is 0 Å². The zero-order chi connectivity index (χ0) is 10.1. The standard InChI is InChI=1S/C10H19NO2/c1-4-7-10(12)13-11(8-5-2)9-6-3/h4,7H,5-6,8-9H2,1-3H3. The molecule has 3 heteroatoms. The molecule has 0 spiro atoms. The highest BCUT2D eigenvalue weighted by Crippen LogP contribution is 1.96. The van der Waals surface area contributed by atoms with Crippen LogP contribution in [0.15, 0.2) is 12.2 Å². The normalized spacial score (nSPS) is 11.1. The quantitative estimate of drug-likeness (QED) is 0.469. The van der Waals surface area contributed by atoms with Crippen LogP contribution in [-0.4, -0.2) is 24.1 Å². The van der Waals surface area contributed by atoms with Crippen molar-refractivity contribution in [2.75, 3.05) is 13.1 Å². The number of hydrogen-bond donors (Lipinski definition) is 0. The molecular weight excluding hydrogens is 166 g/mol. The lowest BCUT2D eigenvalue weighted by Gasteiger charge is -2.18. The van der Waals surface area contributed by atoms with Gasteiger partial charge < -0.3 is 4.84 Å². The molecule has 3 nitrogen and oxygen atoms in total. The molecule has 76 valence electrons. The summed E-state index contributed by atoms with van der Waals surface area (Å²) in [6.07, 6.45) is 5.09. The highest BCUT2D eigenvalue weighted by molar-refractivity contribution is 5.81. The molecule has 0 saturated carbocycles. The van der Waals surface area contributed by atoms with E-state index in [0.29, 0.717) is 0 Å². The van der Waals surface area contributed by atoms with Crippen LogP contribution in [0, 0.1) is 0 Å². The van der Waals surface area contributed by atoms with Crippen molar-refractivity contribution in [1.82, 2.24) is 5.06 Å². The Bertz CT molecular complexity index is 160. The van der Waals surface area contributed by atoms with E-state index in [1.165, 1.54) is 6.08 Å². The van der Waals surface area contributed by atoms with E-state index in [4.69, 9.17) is 4.84 Å². The molecule has 0 atom stereocenters. The van der Waals surface area contributed by atoms with E-state index >= 15 is 0 Å². The average molecular weight is 185 g/mol. The van der Waals surface area contributed by atoms with Gasteiger partial charge in [-0.1, -0.05) is 19.9 Å². The molecule has 0 aliphatic rings. The fourth-order valence-electron chi connectivity index (χ4n) is 0.996. The predicted octanol–water partition coefficient (Wildman–Crippen LogP) is 2.14. The number of hydrogen-bond acceptors (Lipinski definition) is 3. The van der Waals surface area contributed by atoms with Crippen molar-refractivity contribution in [3.05, 3.63) is 12.2 Å². The van der Waals surface area contributed by atoms with Crippen LogP contribution in [0.3, 0.4) is 0 Å². The van der Waals surface area contributed by atoms with Crippen molar-refractivity contribution in [2.45, 2.75) is 33.6 Å². The first-order valence-electron chi connectivity index (χ1n) is 4.84. The predicted molar refractivity (Wildman–Crippen MR) is 53.1 cm³/mol. The maximum Gasteiger partial charge on any atom is 0.349 e. The molecule has 0 aromatic carbocycles. The molecule has 0 fully saturated rings. The van der Waals surface area contributed by atoms with Crippen LogP contribution in [0.25, 0.3) is 0 Å². The van der Waals surface area contributed by atoms with Crippen LogP contribution in [0.4, 0.5) is 0 Å². The maximum absolute atomic E-state index is 11.1. The molecule has 0 unspecified atom stereocenters. The molecule has 0 amide bonds. The number of hydroxylamine groups is 2. The third-order valence-corrected chi connectivity index (χ3v) is 1.47. The lowest BCUT2D eigenvalue weighted by Crippen LogP contribution is -2.28. The first-order chi connectivity index (χ1) is 6.24. The molecule has 0 heterocycles. The number of nitrogens with zero attached hydrogens (tertiary/aromatic N) is 1. The van der Waals surface area contributed by atoms with Gasteiger partial charge in [-0.15, -0.1) is 5.06 Å². The second-order valence-electron chi connectivity index (χ2n) is 2.84. The minimum absolute atomic E-state index is 0.288. The van der Waals surface area contributed by atoms with Gasteiger partial charge >= 0.3 is 5.97 Å². The summed E-state index contributed by atoms with van der Waals surface area (Å²) in [7, 11) is 0. The van der Waals surface area contributed by atoms with Gasteiger partial charge in [-0.2, -0.15) is 0 Å². The Labute approximate surface area is 80.3 Å². The molecule has 0 rings (SSSR count). The molecule has 0 aliphatic carbocycles. The van der Waals surface area contributed by atoms with Crippen LogP contribution in [0.5, 0.6) is 0 Å². The Kier molecular flexibility index (Phi) is 7.30. The second kappa shape index (κ2) is 7.80. The first kappa shape index (κ1) is 12.2. The zero-order valence-electron chi connectivity index (χ0n) is 8.75. The number of rotatable bonds is 6. The highest BCUT2D eigenvalue weighted by atomic mass is 16.7. The number of carbonyl (C=O) groups excluding carboxylic acids is 1. The van der Waals surface area contributed by atoms with Crippen molar-refractivity contribution in [1.29, 1.82) is 0 Å². The molecule has 0 N–H and O–H groups in total. The Morgan fingerprint density at radius 1 is 1.31 bits per heavy atom. The molecule has 0 saturated heterocycles. The summed E-state index contributed by atoms with van der Waals surface area (Å²) >= 11 is 0. The van der Waals surface area contributed by atoms with Crippen molar-refractivity contribution < 1.29 is 9.63 Å². The topological polar surface area (TPSA) is 29.5 Å². The summed E-state index contributed by atoms with van der Waals surface area (Å²) in [5, 5.41) is 1.71. The van der Waals surface area contributed by atoms with Crippen LogP contribution in [0.2, 0.25) is 0 Å². The molecule has 0 bridgehead atoms. The maximum atomic E-state index is 11.1. The van der Waals surface area contributed by atoms with E-state index in [-0.39, 0.29) is 5.97 Å². The van der Waals surface area contributed by atoms with Gasteiger partial charge in [0.05, 0.1) is 0 Å². The summed E-state index contributed by atoms with van der Waals surface area (Å²) in [5.74, 6) is -0.288. The Morgan fingerprint density at radius 2 is 1.85 bits per heavy atom. The lowest BCUT2D eigenvalue weighted by molar-refractivity contribution is -0.184. The van der Waals surface area contributed by atoms with E-state index in [0.717, 1.165) is 25.9 Å². The minimum atomic E-state index is -0.288. The number of carbonyl (C=O) groups is 1. The Morgan fingerprint density at radius 3 is 2.23 bits per heavy atom. The third-order valence-electron chi connectivity index (χ3n) is 1.47. The SMILES string of the molecule is CC=CC(=O)ON(CCC)CCC. The van der Waals surface area contributed by atoms with E-state index in [1.807, 2.05) is 0 Å². The highest BCUT2D eigenvalue weighted by Gasteiger charge is 2.06. The second-order valence-corrected chi connectivity index (χ2v) is 2.84. The van der Waals surface area contributed by atoms with Crippen molar-refractivity contribution in [3.63, 3.8) is 0 Å². The first-order valence-corrected chi connectivity index (χ1v) is 4.84. The summed E-state index contributed by atoms with van der Waals surface area (Å²) < 4.78 is 0. The summed E-state index contributed by atoms with van der Waals surface area (Å²) in [4.78, 5) is 16.1. The average Bonchev–Trinajstić information content (AvgIpc) is 2.05. The van der Waals surface area contributed by atoms with E-state index in [1.54, 1.807) is 18.1 Å². The smallest absolute Gasteiger partial charge is 0.349 e. The van der Waals surface area contributed by atoms with Gasteiger partial charge in [-0.25, -0.2) is 4.79 Å². The molecule has 0 radical (unpaired) electrons. The Balaban J connectivity index is 3.85. The van der Waals surface area contributed by atoms with Crippen LogP contribution < -0.4 is 0 Å². The van der Waals surface area contributed by atoms with Crippen molar-refractivity contribution in [3.8, 4) is 0 Å². The summed E-state index contributed by atoms with van der Waals surface area (Å²) in [6.45, 7) is 7.53. The molecule has 0 aliphatic heterocycles. The monoisotopic (exact) mass is 185 g/mol. The van der Waals surface area contributed by atoms with Crippen LogP contribution >= 0.6 is 0 Å². The summed E-state index contributed by atoms with van der Waals surface area (Å²) in [5.41, 5.74) is 0. The molecule has 13 heavy (non-hydrogen) atoms. The van der Waals surface area contributed by atoms with Gasteiger partial charge in [0.25, 0.3) is 0 Å². The van der Waals surface area contributed by atoms with Gasteiger partial charge in [-0.05, 0) is 19.8 Å². The molecule has 0 aromatic heterocycles. The largest absolute Gasteiger partial charge is 0.364 e. The van der Waals surface area contributed by atoms with Gasteiger partial charge in [0.2, 0.25) is 0 Å². The van der Waals surface area contributed by atoms with Gasteiger partial charge in [0, 0.05) is 19.2 Å². The molecule has 0 aromatic rings. The van der Waals surface area contributed by atoms with E-state index in [2.05, 4.69) is 13.8 Å². The minimum Gasteiger partial charge on any atom is -0.364 e. The summed E-state index contributed by atoms with van der Waals surface area (Å²) in [6, 6.07) is 0. The molecular formula is C10H19NO2. The van der Waals surface area contributed by atoms with Gasteiger partial charge in [0.15, 0.2) is 0 Å². The Hall–Kier alpha value is -0.830. The van der Waals surface area contributed by atoms with Crippen molar-refractivity contribution in [2.24, 2.45) is 0 Å². The van der Waals surface area contributed by atoms with E-state index < -0.39 is 0 Å². The van der Waals surface area contributed by atoms with Gasteiger partial charge in [0.1, 0.15) is 0 Å². The third kappa shape index (κ3) is 6.34. The fraction of sp³-hybridized carbons (Fsp3) is 0.700. The van der Waals surface area contributed by atoms with E-state index in [9.17, 15) is 4.79 Å². The van der Waals surface area contributed by atoms with Crippen molar-refractivity contribution >= 4 is 5.97 Å². The van der Waals surface area contributed by atoms with Crippen LogP contribution in [0.1, 0.15) is 33.6 Å². The number of allylic oxidation sites excluding steroid dienone is 1. The lowest BCUT2D eigenvalue weighted by atomic mass is 10.4. The zero-order valence-corrected chi connectivity index (χ0v) is 8.75. The fourth-order valence-corrected chi connectivity index (χ4v) is 0.996. The van der Waals surface area contributed by atoms with Crippen LogP contribution in [-0.2, 0) is 9.63 Å².